The maximum atomic E-state index is 12.6. The van der Waals surface area contributed by atoms with Crippen LogP contribution in [0.15, 0.2) is 24.3 Å². The van der Waals surface area contributed by atoms with Crippen molar-refractivity contribution in [1.29, 1.82) is 0 Å². The van der Waals surface area contributed by atoms with E-state index in [0.717, 1.165) is 18.6 Å². The van der Waals surface area contributed by atoms with E-state index in [4.69, 9.17) is 4.74 Å². The zero-order valence-electron chi connectivity index (χ0n) is 10.7. The van der Waals surface area contributed by atoms with E-state index >= 15 is 0 Å². The molecule has 5 heteroatoms. The molecular weight excluding hydrogens is 257 g/mol. The van der Waals surface area contributed by atoms with E-state index in [2.05, 4.69) is 0 Å². The molecule has 2 nitrogen and oxygen atoms in total. The van der Waals surface area contributed by atoms with Crippen molar-refractivity contribution < 1.29 is 23.0 Å². The topological polar surface area (TPSA) is 29.5 Å². The van der Waals surface area contributed by atoms with Gasteiger partial charge in [0.1, 0.15) is 0 Å². The highest BCUT2D eigenvalue weighted by Crippen LogP contribution is 2.32. The molecule has 1 aliphatic heterocycles. The average Bonchev–Trinajstić information content (AvgIpc) is 2.81. The van der Waals surface area contributed by atoms with Gasteiger partial charge in [-0.2, -0.15) is 13.2 Å². The van der Waals surface area contributed by atoms with Crippen molar-refractivity contribution in [3.63, 3.8) is 0 Å². The highest BCUT2D eigenvalue weighted by Gasteiger charge is 2.36. The van der Waals surface area contributed by atoms with Gasteiger partial charge in [0.05, 0.1) is 17.8 Å². The number of ether oxygens (including phenoxy) is 1. The van der Waals surface area contributed by atoms with Gasteiger partial charge in [0.25, 0.3) is 0 Å². The lowest BCUT2D eigenvalue weighted by molar-refractivity contribution is -0.137. The molecule has 2 unspecified atom stereocenters. The third-order valence-electron chi connectivity index (χ3n) is 3.63. The van der Waals surface area contributed by atoms with E-state index < -0.39 is 17.3 Å². The quantitative estimate of drug-likeness (QED) is 0.918. The largest absolute Gasteiger partial charge is 0.416 e. The molecule has 0 amide bonds. The van der Waals surface area contributed by atoms with Gasteiger partial charge in [-0.05, 0) is 25.0 Å². The Bertz CT molecular complexity index is 435. The Morgan fingerprint density at radius 2 is 2.11 bits per heavy atom. The molecule has 1 aromatic rings. The Morgan fingerprint density at radius 1 is 1.37 bits per heavy atom. The smallest absolute Gasteiger partial charge is 0.389 e. The number of alkyl halides is 3. The second-order valence-corrected chi connectivity index (χ2v) is 5.29. The van der Waals surface area contributed by atoms with Crippen molar-refractivity contribution >= 4 is 0 Å². The molecule has 0 spiro atoms. The van der Waals surface area contributed by atoms with Crippen LogP contribution in [0.2, 0.25) is 0 Å². The van der Waals surface area contributed by atoms with Crippen LogP contribution >= 0.6 is 0 Å². The molecule has 1 fully saturated rings. The fourth-order valence-corrected chi connectivity index (χ4v) is 2.44. The normalized spacial score (nSPS) is 23.3. The Balaban J connectivity index is 2.14. The summed E-state index contributed by atoms with van der Waals surface area (Å²) in [6.07, 6.45) is -3.41. The van der Waals surface area contributed by atoms with E-state index in [9.17, 15) is 18.3 Å². The number of benzene rings is 1. The lowest BCUT2D eigenvalue weighted by Crippen LogP contribution is -2.37. The van der Waals surface area contributed by atoms with Gasteiger partial charge in [-0.1, -0.05) is 18.2 Å². The predicted octanol–water partition coefficient (Wildman–Crippen LogP) is 3.04. The fourth-order valence-electron chi connectivity index (χ4n) is 2.44. The molecule has 0 aliphatic carbocycles. The lowest BCUT2D eigenvalue weighted by atomic mass is 9.83. The summed E-state index contributed by atoms with van der Waals surface area (Å²) >= 11 is 0. The first kappa shape index (κ1) is 14.3. The maximum Gasteiger partial charge on any atom is 0.416 e. The minimum absolute atomic E-state index is 0.0259. The van der Waals surface area contributed by atoms with Crippen molar-refractivity contribution in [3.8, 4) is 0 Å². The van der Waals surface area contributed by atoms with Crippen LogP contribution in [0.25, 0.3) is 0 Å². The lowest BCUT2D eigenvalue weighted by Gasteiger charge is -2.29. The fraction of sp³-hybridized carbons (Fsp3) is 0.571. The molecule has 1 N–H and O–H groups in total. The minimum atomic E-state index is -4.35. The minimum Gasteiger partial charge on any atom is -0.389 e. The Morgan fingerprint density at radius 3 is 2.68 bits per heavy atom. The molecule has 0 radical (unpaired) electrons. The van der Waals surface area contributed by atoms with Gasteiger partial charge in [0, 0.05) is 18.9 Å². The van der Waals surface area contributed by atoms with Crippen LogP contribution in [0.3, 0.4) is 0 Å². The molecule has 1 heterocycles. The average molecular weight is 274 g/mol. The van der Waals surface area contributed by atoms with Crippen molar-refractivity contribution in [2.45, 2.75) is 31.5 Å². The molecule has 2 atom stereocenters. The van der Waals surface area contributed by atoms with Gasteiger partial charge in [-0.15, -0.1) is 0 Å². The molecule has 19 heavy (non-hydrogen) atoms. The number of rotatable bonds is 3. The van der Waals surface area contributed by atoms with Crippen molar-refractivity contribution in [2.24, 2.45) is 5.92 Å². The second-order valence-electron chi connectivity index (χ2n) is 5.29. The Hall–Kier alpha value is -1.07. The first-order valence-electron chi connectivity index (χ1n) is 6.25. The molecule has 0 aromatic heterocycles. The first-order chi connectivity index (χ1) is 8.79. The van der Waals surface area contributed by atoms with Crippen LogP contribution in [-0.2, 0) is 17.3 Å². The van der Waals surface area contributed by atoms with Gasteiger partial charge in [-0.25, -0.2) is 0 Å². The third kappa shape index (κ3) is 3.48. The first-order valence-corrected chi connectivity index (χ1v) is 6.25. The number of hydrogen-bond acceptors (Lipinski definition) is 2. The standard InChI is InChI=1S/C14H17F3O2/c1-13(18,12-5-6-19-9-12)8-10-3-2-4-11(7-10)14(15,16)17/h2-4,7,12,18H,5-6,8-9H2,1H3. The van der Waals surface area contributed by atoms with Crippen LogP contribution in [-0.4, -0.2) is 23.9 Å². The van der Waals surface area contributed by atoms with Crippen molar-refractivity contribution in [3.05, 3.63) is 35.4 Å². The second kappa shape index (κ2) is 5.13. The highest BCUT2D eigenvalue weighted by molar-refractivity contribution is 5.27. The van der Waals surface area contributed by atoms with Crippen LogP contribution < -0.4 is 0 Å². The monoisotopic (exact) mass is 274 g/mol. The van der Waals surface area contributed by atoms with Crippen LogP contribution in [0.1, 0.15) is 24.5 Å². The van der Waals surface area contributed by atoms with E-state index in [0.29, 0.717) is 18.8 Å². The SMILES string of the molecule is CC(O)(Cc1cccc(C(F)(F)F)c1)C1CCOC1. The van der Waals surface area contributed by atoms with Gasteiger partial charge in [0.2, 0.25) is 0 Å². The summed E-state index contributed by atoms with van der Waals surface area (Å²) in [6.45, 7) is 2.72. The Labute approximate surface area is 110 Å². The van der Waals surface area contributed by atoms with Crippen molar-refractivity contribution in [2.75, 3.05) is 13.2 Å². The summed E-state index contributed by atoms with van der Waals surface area (Å²) < 4.78 is 43.1. The molecule has 106 valence electrons. The maximum absolute atomic E-state index is 12.6. The predicted molar refractivity (Wildman–Crippen MR) is 64.7 cm³/mol. The highest BCUT2D eigenvalue weighted by atomic mass is 19.4. The van der Waals surface area contributed by atoms with Gasteiger partial charge in [0.15, 0.2) is 0 Å². The number of halogens is 3. The molecule has 0 saturated carbocycles. The molecular formula is C14H17F3O2. The summed E-state index contributed by atoms with van der Waals surface area (Å²) in [4.78, 5) is 0. The third-order valence-corrected chi connectivity index (χ3v) is 3.63. The molecule has 1 aliphatic rings. The van der Waals surface area contributed by atoms with E-state index in [-0.39, 0.29) is 12.3 Å². The summed E-state index contributed by atoms with van der Waals surface area (Å²) in [7, 11) is 0. The van der Waals surface area contributed by atoms with E-state index in [1.54, 1.807) is 13.0 Å². The van der Waals surface area contributed by atoms with Crippen LogP contribution in [0, 0.1) is 5.92 Å². The number of aliphatic hydroxyl groups is 1. The van der Waals surface area contributed by atoms with Gasteiger partial charge >= 0.3 is 6.18 Å². The molecule has 2 rings (SSSR count). The van der Waals surface area contributed by atoms with Gasteiger partial charge < -0.3 is 9.84 Å². The zero-order valence-corrected chi connectivity index (χ0v) is 10.7. The summed E-state index contributed by atoms with van der Waals surface area (Å²) in [5.41, 5.74) is -1.23. The van der Waals surface area contributed by atoms with E-state index in [1.807, 2.05) is 0 Å². The molecule has 1 aromatic carbocycles. The summed E-state index contributed by atoms with van der Waals surface area (Å²) in [6, 6.07) is 5.13. The molecule has 0 bridgehead atoms. The van der Waals surface area contributed by atoms with Crippen molar-refractivity contribution in [1.82, 2.24) is 0 Å². The summed E-state index contributed by atoms with van der Waals surface area (Å²) in [5.74, 6) is -0.0259. The number of hydrogen-bond donors (Lipinski definition) is 1. The van der Waals surface area contributed by atoms with Crippen LogP contribution in [0.4, 0.5) is 13.2 Å². The Kier molecular flexibility index (Phi) is 3.87. The summed E-state index contributed by atoms with van der Waals surface area (Å²) in [5, 5.41) is 10.4. The molecule has 1 saturated heterocycles. The van der Waals surface area contributed by atoms with Gasteiger partial charge in [-0.3, -0.25) is 0 Å². The van der Waals surface area contributed by atoms with Crippen LogP contribution in [0.5, 0.6) is 0 Å². The zero-order chi connectivity index (χ0) is 14.1. The van der Waals surface area contributed by atoms with E-state index in [1.165, 1.54) is 6.07 Å².